The van der Waals surface area contributed by atoms with E-state index in [-0.39, 0.29) is 19.1 Å². The normalized spacial score (nSPS) is 18.1. The molecule has 1 atom stereocenters. The van der Waals surface area contributed by atoms with Crippen molar-refractivity contribution in [1.82, 2.24) is 9.21 Å². The summed E-state index contributed by atoms with van der Waals surface area (Å²) in [6.07, 6.45) is 2.68. The van der Waals surface area contributed by atoms with Gasteiger partial charge >= 0.3 is 12.1 Å². The first kappa shape index (κ1) is 34.0. The van der Waals surface area contributed by atoms with Crippen molar-refractivity contribution in [1.29, 1.82) is 0 Å². The molecule has 3 heterocycles. The lowest BCUT2D eigenvalue weighted by Gasteiger charge is -2.27. The summed E-state index contributed by atoms with van der Waals surface area (Å²) in [7, 11) is -4.21. The Bertz CT molecular complexity index is 1540. The lowest BCUT2D eigenvalue weighted by molar-refractivity contribution is -0.155. The van der Waals surface area contributed by atoms with Gasteiger partial charge in [0, 0.05) is 35.6 Å². The van der Waals surface area contributed by atoms with E-state index in [0.717, 1.165) is 27.3 Å². The molecule has 10 nitrogen and oxygen atoms in total. The largest absolute Gasteiger partial charge is 0.459 e. The molecule has 240 valence electrons. The first-order valence-corrected chi connectivity index (χ1v) is 17.2. The highest BCUT2D eigenvalue weighted by atomic mass is 35.5. The minimum atomic E-state index is -4.21. The standard InChI is InChI=1S/C31H40ClN3O7S2/c1-30(2,3)41-27(36)20-35(44(39,40)17-14-24-11-12-26(32)43-24)25-13-16-34(28(25)37)23-10-9-22-19-33(15-7-8-21(22)18-23)29(38)42-31(4,5)6/h9-12,14,17-18,25H,7-8,13,15-16,19-20H2,1-6H3/b17-14+. The second-order valence-electron chi connectivity index (χ2n) is 12.9. The number of hydrogen-bond donors (Lipinski definition) is 0. The zero-order valence-corrected chi connectivity index (χ0v) is 28.4. The third kappa shape index (κ3) is 8.83. The maximum Gasteiger partial charge on any atom is 0.410 e. The molecule has 1 unspecified atom stereocenters. The molecular weight excluding hydrogens is 626 g/mol. The van der Waals surface area contributed by atoms with E-state index in [4.69, 9.17) is 21.1 Å². The van der Waals surface area contributed by atoms with Gasteiger partial charge in [-0.2, -0.15) is 4.31 Å². The molecule has 4 rings (SSSR count). The number of aryl methyl sites for hydroxylation is 1. The molecule has 0 radical (unpaired) electrons. The number of nitrogens with zero attached hydrogens (tertiary/aromatic N) is 3. The van der Waals surface area contributed by atoms with Crippen molar-refractivity contribution in [3.63, 3.8) is 0 Å². The highest BCUT2D eigenvalue weighted by molar-refractivity contribution is 7.92. The lowest BCUT2D eigenvalue weighted by atomic mass is 10.0. The van der Waals surface area contributed by atoms with Crippen molar-refractivity contribution in [3.8, 4) is 0 Å². The van der Waals surface area contributed by atoms with E-state index >= 15 is 0 Å². The number of benzene rings is 1. The SMILES string of the molecule is CC(C)(C)OC(=O)CN(C1CCN(c2ccc3c(c2)CCCN(C(=O)OC(C)(C)C)C3)C1=O)S(=O)(=O)/C=C/c1ccc(Cl)s1. The highest BCUT2D eigenvalue weighted by Crippen LogP contribution is 2.31. The number of esters is 1. The fourth-order valence-corrected chi connectivity index (χ4v) is 7.47. The van der Waals surface area contributed by atoms with E-state index in [2.05, 4.69) is 0 Å². The Morgan fingerprint density at radius 1 is 1.05 bits per heavy atom. The predicted molar refractivity (Wildman–Crippen MR) is 172 cm³/mol. The Kier molecular flexibility index (Phi) is 10.2. The number of carbonyl (C=O) groups excluding carboxylic acids is 3. The fraction of sp³-hybridized carbons (Fsp3) is 0.516. The van der Waals surface area contributed by atoms with Crippen LogP contribution in [0.1, 0.15) is 70.4 Å². The minimum Gasteiger partial charge on any atom is -0.459 e. The van der Waals surface area contributed by atoms with Crippen LogP contribution in [0.25, 0.3) is 6.08 Å². The fourth-order valence-electron chi connectivity index (χ4n) is 5.11. The Labute approximate surface area is 268 Å². The number of hydrogen-bond acceptors (Lipinski definition) is 8. The van der Waals surface area contributed by atoms with Crippen LogP contribution in [-0.2, 0) is 42.1 Å². The molecular formula is C31H40ClN3O7S2. The zero-order chi connectivity index (χ0) is 32.4. The Hall–Kier alpha value is -2.93. The van der Waals surface area contributed by atoms with Crippen LogP contribution in [0.5, 0.6) is 0 Å². The van der Waals surface area contributed by atoms with Gasteiger partial charge in [0.2, 0.25) is 15.9 Å². The number of fused-ring (bicyclic) bond motifs is 1. The van der Waals surface area contributed by atoms with Gasteiger partial charge in [-0.05, 0) is 102 Å². The smallest absolute Gasteiger partial charge is 0.410 e. The summed E-state index contributed by atoms with van der Waals surface area (Å²) < 4.78 is 39.6. The molecule has 0 N–H and O–H groups in total. The summed E-state index contributed by atoms with van der Waals surface area (Å²) in [5.74, 6) is -1.17. The molecule has 44 heavy (non-hydrogen) atoms. The number of halogens is 1. The van der Waals surface area contributed by atoms with Crippen molar-refractivity contribution in [2.45, 2.75) is 84.6 Å². The van der Waals surface area contributed by atoms with Crippen LogP contribution in [0.4, 0.5) is 10.5 Å². The van der Waals surface area contributed by atoms with E-state index in [1.165, 1.54) is 17.4 Å². The first-order chi connectivity index (χ1) is 20.4. The molecule has 0 aliphatic carbocycles. The Morgan fingerprint density at radius 2 is 1.75 bits per heavy atom. The topological polar surface area (TPSA) is 114 Å². The number of sulfonamides is 1. The summed E-state index contributed by atoms with van der Waals surface area (Å²) in [6, 6.07) is 7.89. The second-order valence-corrected chi connectivity index (χ2v) is 16.4. The number of thiophene rings is 1. The Balaban J connectivity index is 1.56. The summed E-state index contributed by atoms with van der Waals surface area (Å²) in [6.45, 7) is 11.2. The number of ether oxygens (including phenoxy) is 2. The number of carbonyl (C=O) groups is 3. The molecule has 1 fully saturated rings. The van der Waals surface area contributed by atoms with Crippen molar-refractivity contribution in [2.75, 3.05) is 24.5 Å². The molecule has 2 amide bonds. The average Bonchev–Trinajstić information content (AvgIpc) is 3.41. The second kappa shape index (κ2) is 13.2. The van der Waals surface area contributed by atoms with Gasteiger partial charge in [0.1, 0.15) is 23.8 Å². The van der Waals surface area contributed by atoms with Gasteiger partial charge in [-0.1, -0.05) is 17.7 Å². The van der Waals surface area contributed by atoms with E-state index in [1.807, 2.05) is 39.0 Å². The van der Waals surface area contributed by atoms with Gasteiger partial charge in [0.15, 0.2) is 0 Å². The van der Waals surface area contributed by atoms with Gasteiger partial charge in [-0.25, -0.2) is 13.2 Å². The lowest BCUT2D eigenvalue weighted by Crippen LogP contribution is -2.48. The maximum absolute atomic E-state index is 13.8. The molecule has 0 saturated carbocycles. The van der Waals surface area contributed by atoms with Crippen molar-refractivity contribution >= 4 is 62.7 Å². The maximum atomic E-state index is 13.8. The van der Waals surface area contributed by atoms with Gasteiger partial charge in [-0.15, -0.1) is 11.3 Å². The molecule has 1 aromatic carbocycles. The van der Waals surface area contributed by atoms with Crippen LogP contribution in [0, 0.1) is 0 Å². The summed E-state index contributed by atoms with van der Waals surface area (Å²) in [5, 5.41) is 0.994. The van der Waals surface area contributed by atoms with E-state index in [9.17, 15) is 22.8 Å². The number of rotatable bonds is 7. The predicted octanol–water partition coefficient (Wildman–Crippen LogP) is 5.83. The Morgan fingerprint density at radius 3 is 2.39 bits per heavy atom. The van der Waals surface area contributed by atoms with Crippen LogP contribution in [-0.4, -0.2) is 72.5 Å². The molecule has 1 saturated heterocycles. The third-order valence-electron chi connectivity index (χ3n) is 6.94. The van der Waals surface area contributed by atoms with Crippen molar-refractivity contribution in [3.05, 3.63) is 56.1 Å². The van der Waals surface area contributed by atoms with Crippen molar-refractivity contribution in [2.24, 2.45) is 0 Å². The molecule has 2 aliphatic rings. The van der Waals surface area contributed by atoms with Crippen LogP contribution in [0.15, 0.2) is 35.7 Å². The molecule has 2 aromatic rings. The summed E-state index contributed by atoms with van der Waals surface area (Å²) in [5.41, 5.74) is 1.19. The van der Waals surface area contributed by atoms with E-state index in [1.54, 1.807) is 42.7 Å². The molecule has 13 heteroatoms. The van der Waals surface area contributed by atoms with Crippen LogP contribution in [0.3, 0.4) is 0 Å². The van der Waals surface area contributed by atoms with Crippen LogP contribution >= 0.6 is 22.9 Å². The van der Waals surface area contributed by atoms with Crippen LogP contribution in [0.2, 0.25) is 4.34 Å². The van der Waals surface area contributed by atoms with Gasteiger partial charge in [0.05, 0.1) is 4.34 Å². The quantitative estimate of drug-likeness (QED) is 0.342. The minimum absolute atomic E-state index is 0.197. The molecule has 0 bridgehead atoms. The number of amides is 2. The zero-order valence-electron chi connectivity index (χ0n) is 26.0. The molecule has 2 aliphatic heterocycles. The van der Waals surface area contributed by atoms with E-state index in [0.29, 0.717) is 34.4 Å². The average molecular weight is 666 g/mol. The van der Waals surface area contributed by atoms with Gasteiger partial charge < -0.3 is 19.3 Å². The van der Waals surface area contributed by atoms with Crippen LogP contribution < -0.4 is 4.90 Å². The summed E-state index contributed by atoms with van der Waals surface area (Å²) in [4.78, 5) is 43.2. The van der Waals surface area contributed by atoms with Gasteiger partial charge in [-0.3, -0.25) is 9.59 Å². The van der Waals surface area contributed by atoms with Crippen molar-refractivity contribution < 1.29 is 32.3 Å². The summed E-state index contributed by atoms with van der Waals surface area (Å²) >= 11 is 7.20. The number of anilines is 1. The highest BCUT2D eigenvalue weighted by Gasteiger charge is 2.43. The van der Waals surface area contributed by atoms with Gasteiger partial charge in [0.25, 0.3) is 0 Å². The molecule has 0 spiro atoms. The monoisotopic (exact) mass is 665 g/mol. The molecule has 1 aromatic heterocycles. The first-order valence-electron chi connectivity index (χ1n) is 14.5. The van der Waals surface area contributed by atoms with E-state index < -0.39 is 45.7 Å². The third-order valence-corrected chi connectivity index (χ3v) is 9.66.